The normalized spacial score (nSPS) is 21.2. The Bertz CT molecular complexity index is 1190. The highest BCUT2D eigenvalue weighted by Gasteiger charge is 2.26. The largest absolute Gasteiger partial charge is 0.340 e. The minimum atomic E-state index is 0.0866. The lowest BCUT2D eigenvalue weighted by Crippen LogP contribution is -2.43. The van der Waals surface area contributed by atoms with Gasteiger partial charge in [0, 0.05) is 30.7 Å². The zero-order valence-electron chi connectivity index (χ0n) is 19.9. The van der Waals surface area contributed by atoms with Gasteiger partial charge in [0.1, 0.15) is 5.01 Å². The molecule has 2 aliphatic rings. The summed E-state index contributed by atoms with van der Waals surface area (Å²) < 4.78 is 1.69. The summed E-state index contributed by atoms with van der Waals surface area (Å²) >= 11 is 1.45. The number of benzene rings is 1. The molecule has 0 radical (unpaired) electrons. The molecule has 2 fully saturated rings. The lowest BCUT2D eigenvalue weighted by Gasteiger charge is -2.33. The van der Waals surface area contributed by atoms with Gasteiger partial charge in [0.2, 0.25) is 16.8 Å². The summed E-state index contributed by atoms with van der Waals surface area (Å²) in [6, 6.07) is 8.61. The number of carbonyl (C=O) groups excluding carboxylic acids is 2. The second kappa shape index (κ2) is 9.82. The van der Waals surface area contributed by atoms with Crippen LogP contribution in [0.25, 0.3) is 15.5 Å². The van der Waals surface area contributed by atoms with Crippen LogP contribution in [0.3, 0.4) is 0 Å². The monoisotopic (exact) mass is 480 g/mol. The van der Waals surface area contributed by atoms with E-state index in [4.69, 9.17) is 5.10 Å². The fraction of sp³-hybridized carbons (Fsp3) is 0.560. The molecular formula is C25H32N6O2S. The Kier molecular flexibility index (Phi) is 6.63. The number of likely N-dealkylation sites (tertiary alicyclic amines) is 2. The summed E-state index contributed by atoms with van der Waals surface area (Å²) in [6.07, 6.45) is 7.26. The molecule has 8 nitrogen and oxygen atoms in total. The molecule has 2 amide bonds. The summed E-state index contributed by atoms with van der Waals surface area (Å²) in [4.78, 5) is 30.4. The SMILES string of the molecule is C[C@H]1CCCCN1C(=O)Cc1cccc(-c2nn3c(CC(=O)N4CCCC[C@@H]4C)nnc3s2)c1. The number of piperidine rings is 2. The van der Waals surface area contributed by atoms with Crippen molar-refractivity contribution < 1.29 is 9.59 Å². The molecule has 1 aromatic carbocycles. The zero-order valence-corrected chi connectivity index (χ0v) is 20.8. The number of fused-ring (bicyclic) bond motifs is 1. The van der Waals surface area contributed by atoms with E-state index in [1.165, 1.54) is 24.2 Å². The maximum absolute atomic E-state index is 12.9. The average Bonchev–Trinajstić information content (AvgIpc) is 3.42. The molecule has 0 unspecified atom stereocenters. The number of carbonyl (C=O) groups is 2. The first-order valence-electron chi connectivity index (χ1n) is 12.4. The van der Waals surface area contributed by atoms with Crippen LogP contribution in [-0.2, 0) is 22.4 Å². The molecule has 0 aliphatic carbocycles. The lowest BCUT2D eigenvalue weighted by atomic mass is 10.0. The second-order valence-corrected chi connectivity index (χ2v) is 10.6. The third kappa shape index (κ3) is 4.71. The molecule has 9 heteroatoms. The van der Waals surface area contributed by atoms with Crippen LogP contribution < -0.4 is 0 Å². The molecule has 0 bridgehead atoms. The quantitative estimate of drug-likeness (QED) is 0.556. The fourth-order valence-corrected chi connectivity index (χ4v) is 6.00. The van der Waals surface area contributed by atoms with E-state index in [0.29, 0.717) is 23.2 Å². The Morgan fingerprint density at radius 1 is 0.941 bits per heavy atom. The van der Waals surface area contributed by atoms with E-state index in [0.717, 1.165) is 54.9 Å². The molecule has 0 spiro atoms. The van der Waals surface area contributed by atoms with Crippen molar-refractivity contribution in [2.45, 2.75) is 77.3 Å². The van der Waals surface area contributed by atoms with Crippen molar-refractivity contribution in [2.24, 2.45) is 0 Å². The zero-order chi connectivity index (χ0) is 23.7. The first kappa shape index (κ1) is 23.0. The van der Waals surface area contributed by atoms with Gasteiger partial charge in [0.05, 0.1) is 12.8 Å². The van der Waals surface area contributed by atoms with Crippen molar-refractivity contribution in [3.05, 3.63) is 35.7 Å². The van der Waals surface area contributed by atoms with Crippen molar-refractivity contribution in [2.75, 3.05) is 13.1 Å². The van der Waals surface area contributed by atoms with Crippen molar-refractivity contribution in [1.29, 1.82) is 0 Å². The summed E-state index contributed by atoms with van der Waals surface area (Å²) in [5, 5.41) is 14.0. The van der Waals surface area contributed by atoms with Gasteiger partial charge >= 0.3 is 0 Å². The number of aromatic nitrogens is 4. The number of nitrogens with zero attached hydrogens (tertiary/aromatic N) is 6. The van der Waals surface area contributed by atoms with Crippen molar-refractivity contribution in [1.82, 2.24) is 29.6 Å². The molecule has 5 rings (SSSR count). The van der Waals surface area contributed by atoms with E-state index >= 15 is 0 Å². The summed E-state index contributed by atoms with van der Waals surface area (Å²) in [5.41, 5.74) is 1.94. The standard InChI is InChI=1S/C25H32N6O2S/c1-17-8-3-5-12-29(17)22(32)15-19-10-7-11-20(14-19)24-28-31-21(26-27-25(31)34-24)16-23(33)30-13-6-4-9-18(30)2/h7,10-11,14,17-18H,3-6,8-9,12-13,15-16H2,1-2H3/t17-,18-/m0/s1. The Morgan fingerprint density at radius 2 is 1.62 bits per heavy atom. The number of hydrogen-bond donors (Lipinski definition) is 0. The van der Waals surface area contributed by atoms with Gasteiger partial charge in [-0.2, -0.15) is 9.61 Å². The van der Waals surface area contributed by atoms with Gasteiger partial charge < -0.3 is 9.80 Å². The van der Waals surface area contributed by atoms with Gasteiger partial charge in [-0.05, 0) is 64.0 Å². The summed E-state index contributed by atoms with van der Waals surface area (Å²) in [7, 11) is 0. The van der Waals surface area contributed by atoms with Crippen LogP contribution in [0.2, 0.25) is 0 Å². The third-order valence-corrected chi connectivity index (χ3v) is 8.09. The van der Waals surface area contributed by atoms with Crippen LogP contribution in [0.4, 0.5) is 0 Å². The van der Waals surface area contributed by atoms with Crippen molar-refractivity contribution in [3.63, 3.8) is 0 Å². The lowest BCUT2D eigenvalue weighted by molar-refractivity contribution is -0.134. The van der Waals surface area contributed by atoms with Crippen molar-refractivity contribution >= 4 is 28.1 Å². The van der Waals surface area contributed by atoms with Gasteiger partial charge in [-0.25, -0.2) is 0 Å². The van der Waals surface area contributed by atoms with E-state index in [9.17, 15) is 9.59 Å². The van der Waals surface area contributed by atoms with Crippen LogP contribution in [0.15, 0.2) is 24.3 Å². The first-order chi connectivity index (χ1) is 16.5. The second-order valence-electron chi connectivity index (χ2n) is 9.64. The topological polar surface area (TPSA) is 83.7 Å². The maximum atomic E-state index is 12.9. The van der Waals surface area contributed by atoms with E-state index in [-0.39, 0.29) is 24.3 Å². The van der Waals surface area contributed by atoms with E-state index in [2.05, 4.69) is 24.0 Å². The highest BCUT2D eigenvalue weighted by Crippen LogP contribution is 2.27. The summed E-state index contributed by atoms with van der Waals surface area (Å²) in [6.45, 7) is 5.92. The van der Waals surface area contributed by atoms with Crippen LogP contribution in [-0.4, -0.2) is 66.6 Å². The Hall–Kier alpha value is -2.81. The van der Waals surface area contributed by atoms with Crippen molar-refractivity contribution in [3.8, 4) is 10.6 Å². The fourth-order valence-electron chi connectivity index (χ4n) is 5.15. The smallest absolute Gasteiger partial charge is 0.234 e. The Labute approximate surface area is 204 Å². The van der Waals surface area contributed by atoms with Gasteiger partial charge in [-0.1, -0.05) is 29.5 Å². The molecule has 2 atom stereocenters. The van der Waals surface area contributed by atoms with Crippen LogP contribution in [0.5, 0.6) is 0 Å². The molecule has 2 aromatic heterocycles. The first-order valence-corrected chi connectivity index (χ1v) is 13.2. The Balaban J connectivity index is 1.31. The van der Waals surface area contributed by atoms with E-state index < -0.39 is 0 Å². The molecule has 4 heterocycles. The number of amides is 2. The molecule has 34 heavy (non-hydrogen) atoms. The molecule has 2 aliphatic heterocycles. The Morgan fingerprint density at radius 3 is 2.29 bits per heavy atom. The number of hydrogen-bond acceptors (Lipinski definition) is 6. The summed E-state index contributed by atoms with van der Waals surface area (Å²) in [5.74, 6) is 0.851. The highest BCUT2D eigenvalue weighted by molar-refractivity contribution is 7.19. The molecule has 0 N–H and O–H groups in total. The third-order valence-electron chi connectivity index (χ3n) is 7.14. The van der Waals surface area contributed by atoms with Gasteiger partial charge in [-0.15, -0.1) is 10.2 Å². The van der Waals surface area contributed by atoms with Crippen LogP contribution in [0, 0.1) is 0 Å². The molecular weight excluding hydrogens is 448 g/mol. The molecule has 0 saturated carbocycles. The predicted octanol–water partition coefficient (Wildman–Crippen LogP) is 3.74. The minimum Gasteiger partial charge on any atom is -0.340 e. The molecule has 180 valence electrons. The van der Waals surface area contributed by atoms with Gasteiger partial charge in [0.15, 0.2) is 5.82 Å². The molecule has 2 saturated heterocycles. The average molecular weight is 481 g/mol. The predicted molar refractivity (Wildman–Crippen MR) is 132 cm³/mol. The van der Waals surface area contributed by atoms with Gasteiger partial charge in [0.25, 0.3) is 0 Å². The molecule has 3 aromatic rings. The van der Waals surface area contributed by atoms with E-state index in [1.807, 2.05) is 34.1 Å². The maximum Gasteiger partial charge on any atom is 0.234 e. The highest BCUT2D eigenvalue weighted by atomic mass is 32.1. The van der Waals surface area contributed by atoms with Gasteiger partial charge in [-0.3, -0.25) is 9.59 Å². The minimum absolute atomic E-state index is 0.0866. The number of rotatable bonds is 5. The van der Waals surface area contributed by atoms with E-state index in [1.54, 1.807) is 4.52 Å². The van der Waals surface area contributed by atoms with Crippen LogP contribution in [0.1, 0.15) is 63.8 Å². The van der Waals surface area contributed by atoms with Crippen LogP contribution >= 0.6 is 11.3 Å².